The zero-order valence-electron chi connectivity index (χ0n) is 14.4. The minimum atomic E-state index is -3.04. The number of methoxy groups -OCH3 is 1. The summed E-state index contributed by atoms with van der Waals surface area (Å²) >= 11 is 0.943. The third-order valence-corrected chi connectivity index (χ3v) is 4.41. The quantitative estimate of drug-likeness (QED) is 0.528. The number of thioether (sulfide) groups is 1. The van der Waals surface area contributed by atoms with Gasteiger partial charge in [0.15, 0.2) is 17.3 Å². The fourth-order valence-corrected chi connectivity index (χ4v) is 2.84. The second-order valence-corrected chi connectivity index (χ2v) is 6.30. The Bertz CT molecular complexity index is 845. The van der Waals surface area contributed by atoms with Gasteiger partial charge in [-0.2, -0.15) is 8.78 Å². The molecule has 0 saturated heterocycles. The van der Waals surface area contributed by atoms with E-state index in [1.807, 2.05) is 0 Å². The first kappa shape index (κ1) is 20.6. The molecule has 1 amide bonds. The van der Waals surface area contributed by atoms with Crippen LogP contribution in [0, 0.1) is 5.82 Å². The van der Waals surface area contributed by atoms with Crippen LogP contribution < -0.4 is 14.8 Å². The summed E-state index contributed by atoms with van der Waals surface area (Å²) in [6.45, 7) is -1.71. The summed E-state index contributed by atoms with van der Waals surface area (Å²) < 4.78 is 48.1. The Balaban J connectivity index is 2.00. The predicted molar refractivity (Wildman–Crippen MR) is 95.4 cm³/mol. The largest absolute Gasteiger partial charge is 0.493 e. The highest BCUT2D eigenvalue weighted by Crippen LogP contribution is 2.31. The topological polar surface area (TPSA) is 64.6 Å². The summed E-state index contributed by atoms with van der Waals surface area (Å²) in [6.07, 6.45) is 0. The van der Waals surface area contributed by atoms with Crippen molar-refractivity contribution < 1.29 is 32.2 Å². The Labute approximate surface area is 157 Å². The van der Waals surface area contributed by atoms with Crippen LogP contribution in [0.1, 0.15) is 17.3 Å². The number of rotatable bonds is 8. The Hall–Kier alpha value is -2.68. The van der Waals surface area contributed by atoms with E-state index in [-0.39, 0.29) is 39.2 Å². The maximum atomic E-state index is 13.9. The van der Waals surface area contributed by atoms with Crippen LogP contribution in [0.25, 0.3) is 0 Å². The minimum Gasteiger partial charge on any atom is -0.493 e. The molecule has 27 heavy (non-hydrogen) atoms. The number of carbonyl (C=O) groups is 2. The molecule has 0 atom stereocenters. The van der Waals surface area contributed by atoms with Crippen LogP contribution in [0.15, 0.2) is 41.3 Å². The third kappa shape index (κ3) is 5.92. The van der Waals surface area contributed by atoms with Crippen LogP contribution in [0.5, 0.6) is 11.5 Å². The number of ketones is 1. The first-order valence-corrected chi connectivity index (χ1v) is 8.64. The molecule has 0 aliphatic carbocycles. The number of Topliss-reactive ketones (excluding diaryl/α,β-unsaturated/α-hetero) is 1. The van der Waals surface area contributed by atoms with E-state index in [0.29, 0.717) is 0 Å². The Morgan fingerprint density at radius 2 is 1.89 bits per heavy atom. The summed E-state index contributed by atoms with van der Waals surface area (Å²) in [5.74, 6) is -1.57. The van der Waals surface area contributed by atoms with E-state index in [4.69, 9.17) is 4.74 Å². The molecule has 0 heterocycles. The van der Waals surface area contributed by atoms with E-state index in [1.165, 1.54) is 44.4 Å². The lowest BCUT2D eigenvalue weighted by Crippen LogP contribution is -2.14. The van der Waals surface area contributed by atoms with E-state index in [0.717, 1.165) is 17.8 Å². The van der Waals surface area contributed by atoms with Crippen LogP contribution in [0.2, 0.25) is 0 Å². The van der Waals surface area contributed by atoms with E-state index in [2.05, 4.69) is 10.1 Å². The molecule has 0 spiro atoms. The van der Waals surface area contributed by atoms with Crippen molar-refractivity contribution in [2.45, 2.75) is 18.4 Å². The van der Waals surface area contributed by atoms with Gasteiger partial charge in [-0.05, 0) is 31.2 Å². The summed E-state index contributed by atoms with van der Waals surface area (Å²) in [5.41, 5.74) is 0.468. The molecule has 0 radical (unpaired) electrons. The third-order valence-electron chi connectivity index (χ3n) is 3.36. The number of hydrogen-bond donors (Lipinski definition) is 1. The summed E-state index contributed by atoms with van der Waals surface area (Å²) in [5, 5.41) is 2.51. The van der Waals surface area contributed by atoms with Crippen LogP contribution in [-0.2, 0) is 4.79 Å². The molecule has 0 bridgehead atoms. The van der Waals surface area contributed by atoms with Gasteiger partial charge in [0.25, 0.3) is 0 Å². The average molecular weight is 399 g/mol. The van der Waals surface area contributed by atoms with Gasteiger partial charge in [0.1, 0.15) is 5.82 Å². The van der Waals surface area contributed by atoms with Crippen molar-refractivity contribution in [1.29, 1.82) is 0 Å². The number of amides is 1. The number of nitrogens with one attached hydrogen (secondary N) is 1. The van der Waals surface area contributed by atoms with Gasteiger partial charge in [-0.15, -0.1) is 11.8 Å². The average Bonchev–Trinajstić information content (AvgIpc) is 2.60. The van der Waals surface area contributed by atoms with Crippen molar-refractivity contribution in [2.75, 3.05) is 18.2 Å². The number of carbonyl (C=O) groups excluding carboxylic acids is 2. The fourth-order valence-electron chi connectivity index (χ4n) is 2.12. The second-order valence-electron chi connectivity index (χ2n) is 5.28. The van der Waals surface area contributed by atoms with Crippen molar-refractivity contribution in [3.8, 4) is 11.5 Å². The molecule has 2 aromatic carbocycles. The summed E-state index contributed by atoms with van der Waals surface area (Å²) in [4.78, 5) is 23.5. The highest BCUT2D eigenvalue weighted by molar-refractivity contribution is 8.00. The lowest BCUT2D eigenvalue weighted by atomic mass is 10.1. The van der Waals surface area contributed by atoms with Gasteiger partial charge >= 0.3 is 6.61 Å². The van der Waals surface area contributed by atoms with Gasteiger partial charge in [-0.1, -0.05) is 6.07 Å². The number of anilines is 1. The molecule has 0 unspecified atom stereocenters. The molecule has 2 rings (SSSR count). The zero-order chi connectivity index (χ0) is 20.0. The lowest BCUT2D eigenvalue weighted by Gasteiger charge is -2.12. The maximum Gasteiger partial charge on any atom is 0.387 e. The van der Waals surface area contributed by atoms with Crippen LogP contribution in [0.4, 0.5) is 18.9 Å². The highest BCUT2D eigenvalue weighted by atomic mass is 32.2. The van der Waals surface area contributed by atoms with E-state index in [1.54, 1.807) is 0 Å². The monoisotopic (exact) mass is 399 g/mol. The first-order valence-electron chi connectivity index (χ1n) is 7.66. The van der Waals surface area contributed by atoms with Gasteiger partial charge in [0, 0.05) is 22.2 Å². The molecule has 5 nitrogen and oxygen atoms in total. The van der Waals surface area contributed by atoms with E-state index in [9.17, 15) is 22.8 Å². The number of alkyl halides is 2. The molecule has 0 aliphatic rings. The van der Waals surface area contributed by atoms with Gasteiger partial charge in [0.2, 0.25) is 5.91 Å². The molecule has 0 aliphatic heterocycles. The second kappa shape index (κ2) is 9.31. The minimum absolute atomic E-state index is 0.0929. The zero-order valence-corrected chi connectivity index (χ0v) is 15.2. The Morgan fingerprint density at radius 3 is 2.48 bits per heavy atom. The van der Waals surface area contributed by atoms with Gasteiger partial charge in [0.05, 0.1) is 12.9 Å². The molecule has 2 aromatic rings. The normalized spacial score (nSPS) is 10.6. The van der Waals surface area contributed by atoms with Crippen LogP contribution >= 0.6 is 11.8 Å². The van der Waals surface area contributed by atoms with Gasteiger partial charge < -0.3 is 14.8 Å². The fraction of sp³-hybridized carbons (Fsp3) is 0.222. The lowest BCUT2D eigenvalue weighted by molar-refractivity contribution is -0.113. The summed E-state index contributed by atoms with van der Waals surface area (Å²) in [6, 6.07) is 8.05. The molecule has 9 heteroatoms. The molecule has 0 saturated carbocycles. The molecular formula is C18H16F3NO4S. The predicted octanol–water partition coefficient (Wildman–Crippen LogP) is 4.37. The van der Waals surface area contributed by atoms with Crippen molar-refractivity contribution in [3.05, 3.63) is 47.8 Å². The molecule has 0 fully saturated rings. The number of halogens is 3. The molecule has 0 aromatic heterocycles. The highest BCUT2D eigenvalue weighted by Gasteiger charge is 2.13. The SMILES string of the molecule is COc1ccc(NC(=O)CSc2ccc(C(C)=O)cc2F)cc1OC(F)F. The van der Waals surface area contributed by atoms with E-state index < -0.39 is 18.3 Å². The Morgan fingerprint density at radius 1 is 1.15 bits per heavy atom. The smallest absolute Gasteiger partial charge is 0.387 e. The van der Waals surface area contributed by atoms with Crippen molar-refractivity contribution in [3.63, 3.8) is 0 Å². The van der Waals surface area contributed by atoms with Crippen molar-refractivity contribution in [1.82, 2.24) is 0 Å². The maximum absolute atomic E-state index is 13.9. The first-order chi connectivity index (χ1) is 12.8. The molecule has 1 N–H and O–H groups in total. The number of ether oxygens (including phenoxy) is 2. The van der Waals surface area contributed by atoms with Gasteiger partial charge in [-0.3, -0.25) is 9.59 Å². The van der Waals surface area contributed by atoms with Crippen LogP contribution in [-0.4, -0.2) is 31.2 Å². The van der Waals surface area contributed by atoms with Crippen molar-refractivity contribution in [2.24, 2.45) is 0 Å². The number of benzene rings is 2. The van der Waals surface area contributed by atoms with Crippen molar-refractivity contribution >= 4 is 29.1 Å². The van der Waals surface area contributed by atoms with Crippen LogP contribution in [0.3, 0.4) is 0 Å². The summed E-state index contributed by atoms with van der Waals surface area (Å²) in [7, 11) is 1.30. The Kier molecular flexibility index (Phi) is 7.12. The standard InChI is InChI=1S/C18H16F3NO4S/c1-10(23)11-3-6-16(13(19)7-11)27-9-17(24)22-12-4-5-14(25-2)15(8-12)26-18(20)21/h3-8,18H,9H2,1-2H3,(H,22,24). The van der Waals surface area contributed by atoms with Gasteiger partial charge in [-0.25, -0.2) is 4.39 Å². The molecular weight excluding hydrogens is 383 g/mol. The number of hydrogen-bond acceptors (Lipinski definition) is 5. The molecule has 144 valence electrons. The van der Waals surface area contributed by atoms with E-state index >= 15 is 0 Å².